The Kier molecular flexibility index (Phi) is 9.53. The number of guanidine groups is 1. The van der Waals surface area contributed by atoms with Crippen LogP contribution in [0.25, 0.3) is 0 Å². The predicted octanol–water partition coefficient (Wildman–Crippen LogP) is 3.22. The number of ether oxygens (including phenoxy) is 3. The lowest BCUT2D eigenvalue weighted by atomic mass is 10.1. The molecule has 0 unspecified atom stereocenters. The third kappa shape index (κ3) is 8.91. The van der Waals surface area contributed by atoms with E-state index in [-0.39, 0.29) is 11.9 Å². The first-order valence-electron chi connectivity index (χ1n) is 9.76. The minimum absolute atomic E-state index is 0.197. The average molecular weight is 417 g/mol. The Bertz CT molecular complexity index is 633. The maximum absolute atomic E-state index is 12.3. The molecule has 0 radical (unpaired) electrons. The summed E-state index contributed by atoms with van der Waals surface area (Å²) in [6, 6.07) is 6.63. The lowest BCUT2D eigenvalue weighted by Gasteiger charge is -2.34. The van der Waals surface area contributed by atoms with Crippen LogP contribution in [-0.2, 0) is 16.0 Å². The quantitative estimate of drug-likeness (QED) is 0.380. The van der Waals surface area contributed by atoms with Crippen LogP contribution in [-0.4, -0.2) is 70.2 Å². The summed E-state index contributed by atoms with van der Waals surface area (Å²) >= 11 is 0. The zero-order valence-electron chi connectivity index (χ0n) is 17.0. The molecule has 2 rings (SSSR count). The zero-order chi connectivity index (χ0) is 21.1. The maximum Gasteiger partial charge on any atom is 0.422 e. The molecule has 29 heavy (non-hydrogen) atoms. The number of alkyl halides is 3. The van der Waals surface area contributed by atoms with E-state index >= 15 is 0 Å². The van der Waals surface area contributed by atoms with Crippen molar-refractivity contribution < 1.29 is 27.4 Å². The lowest BCUT2D eigenvalue weighted by molar-refractivity contribution is -0.153. The van der Waals surface area contributed by atoms with E-state index < -0.39 is 12.8 Å². The van der Waals surface area contributed by atoms with Crippen molar-refractivity contribution >= 4 is 5.96 Å². The van der Waals surface area contributed by atoms with Gasteiger partial charge in [-0.15, -0.1) is 0 Å². The van der Waals surface area contributed by atoms with Crippen LogP contribution in [0.5, 0.6) is 5.75 Å². The van der Waals surface area contributed by atoms with Gasteiger partial charge in [-0.05, 0) is 37.0 Å². The first-order valence-corrected chi connectivity index (χ1v) is 9.76. The van der Waals surface area contributed by atoms with Gasteiger partial charge in [-0.3, -0.25) is 4.99 Å². The van der Waals surface area contributed by atoms with E-state index in [1.807, 2.05) is 6.07 Å². The number of benzene rings is 1. The summed E-state index contributed by atoms with van der Waals surface area (Å²) in [5, 5.41) is 3.27. The largest absolute Gasteiger partial charge is 0.484 e. The summed E-state index contributed by atoms with van der Waals surface area (Å²) in [5.74, 6) is 0.965. The van der Waals surface area contributed by atoms with Crippen molar-refractivity contribution in [1.29, 1.82) is 0 Å². The third-order valence-corrected chi connectivity index (χ3v) is 4.55. The molecule has 1 heterocycles. The highest BCUT2D eigenvalue weighted by Crippen LogP contribution is 2.19. The molecule has 0 atom stereocenters. The van der Waals surface area contributed by atoms with E-state index in [1.54, 1.807) is 26.3 Å². The number of nitrogens with one attached hydrogen (secondary N) is 1. The van der Waals surface area contributed by atoms with Gasteiger partial charge in [0.2, 0.25) is 0 Å². The Labute approximate surface area is 170 Å². The van der Waals surface area contributed by atoms with Crippen molar-refractivity contribution in [3.63, 3.8) is 0 Å². The summed E-state index contributed by atoms with van der Waals surface area (Å²) in [6.45, 7) is 2.24. The number of rotatable bonds is 9. The van der Waals surface area contributed by atoms with E-state index in [0.717, 1.165) is 43.9 Å². The standard InChI is InChI=1S/C20H30F3N3O3/c1-24-19(26-9-7-17(8-10-26)28-12-4-11-27-2)25-14-16-5-3-6-18(13-16)29-15-20(21,22)23/h3,5-6,13,17H,4,7-12,14-15H2,1-2H3,(H,24,25). The number of likely N-dealkylation sites (tertiary alicyclic amines) is 1. The number of aliphatic imine (C=N–C) groups is 1. The maximum atomic E-state index is 12.3. The molecule has 6 nitrogen and oxygen atoms in total. The van der Waals surface area contributed by atoms with E-state index in [4.69, 9.17) is 14.2 Å². The molecule has 0 aliphatic carbocycles. The van der Waals surface area contributed by atoms with Crippen LogP contribution in [0.4, 0.5) is 13.2 Å². The van der Waals surface area contributed by atoms with Gasteiger partial charge >= 0.3 is 6.18 Å². The average Bonchev–Trinajstić information content (AvgIpc) is 2.71. The topological polar surface area (TPSA) is 55.3 Å². The zero-order valence-corrected chi connectivity index (χ0v) is 17.0. The molecule has 0 bridgehead atoms. The van der Waals surface area contributed by atoms with Crippen LogP contribution in [0.1, 0.15) is 24.8 Å². The number of halogens is 3. The van der Waals surface area contributed by atoms with E-state index in [2.05, 4.69) is 15.2 Å². The first-order chi connectivity index (χ1) is 13.9. The molecule has 0 aromatic heterocycles. The van der Waals surface area contributed by atoms with Crippen LogP contribution in [0.2, 0.25) is 0 Å². The molecule has 1 aromatic rings. The molecular formula is C20H30F3N3O3. The lowest BCUT2D eigenvalue weighted by Crippen LogP contribution is -2.46. The molecule has 1 fully saturated rings. The van der Waals surface area contributed by atoms with Crippen LogP contribution >= 0.6 is 0 Å². The minimum atomic E-state index is -4.35. The summed E-state index contributed by atoms with van der Waals surface area (Å²) in [6.07, 6.45) is -1.35. The van der Waals surface area contributed by atoms with Gasteiger partial charge in [0.1, 0.15) is 5.75 Å². The van der Waals surface area contributed by atoms with Crippen LogP contribution in [0.15, 0.2) is 29.3 Å². The monoisotopic (exact) mass is 417 g/mol. The van der Waals surface area contributed by atoms with Crippen LogP contribution < -0.4 is 10.1 Å². The van der Waals surface area contributed by atoms with E-state index in [0.29, 0.717) is 19.8 Å². The van der Waals surface area contributed by atoms with Crippen molar-refractivity contribution in [3.05, 3.63) is 29.8 Å². The minimum Gasteiger partial charge on any atom is -0.484 e. The summed E-state index contributed by atoms with van der Waals surface area (Å²) < 4.78 is 52.6. The van der Waals surface area contributed by atoms with E-state index in [9.17, 15) is 13.2 Å². The third-order valence-electron chi connectivity index (χ3n) is 4.55. The van der Waals surface area contributed by atoms with Gasteiger partial charge in [-0.25, -0.2) is 0 Å². The van der Waals surface area contributed by atoms with Gasteiger partial charge in [-0.1, -0.05) is 12.1 Å². The van der Waals surface area contributed by atoms with Crippen molar-refractivity contribution in [2.45, 2.75) is 38.1 Å². The second kappa shape index (κ2) is 11.9. The van der Waals surface area contributed by atoms with Crippen molar-refractivity contribution in [2.75, 3.05) is 47.1 Å². The molecule has 1 aliphatic heterocycles. The van der Waals surface area contributed by atoms with Gasteiger partial charge < -0.3 is 24.4 Å². The van der Waals surface area contributed by atoms with Crippen molar-refractivity contribution in [1.82, 2.24) is 10.2 Å². The highest BCUT2D eigenvalue weighted by atomic mass is 19.4. The summed E-state index contributed by atoms with van der Waals surface area (Å²) in [5.41, 5.74) is 0.821. The Morgan fingerprint density at radius 1 is 1.24 bits per heavy atom. The molecule has 1 aliphatic rings. The SMILES string of the molecule is CN=C(NCc1cccc(OCC(F)(F)F)c1)N1CCC(OCCCOC)CC1. The number of methoxy groups -OCH3 is 1. The van der Waals surface area contributed by atoms with Crippen molar-refractivity contribution in [3.8, 4) is 5.75 Å². The molecular weight excluding hydrogens is 387 g/mol. The normalized spacial score (nSPS) is 16.2. The number of hydrogen-bond acceptors (Lipinski definition) is 4. The molecule has 1 aromatic carbocycles. The Balaban J connectivity index is 1.77. The molecule has 0 spiro atoms. The van der Waals surface area contributed by atoms with Gasteiger partial charge in [0.05, 0.1) is 6.10 Å². The first kappa shape index (κ1) is 23.3. The molecule has 1 N–H and O–H groups in total. The fourth-order valence-corrected chi connectivity index (χ4v) is 3.11. The smallest absolute Gasteiger partial charge is 0.422 e. The summed E-state index contributed by atoms with van der Waals surface area (Å²) in [4.78, 5) is 6.49. The molecule has 9 heteroatoms. The van der Waals surface area contributed by atoms with Gasteiger partial charge in [0.25, 0.3) is 0 Å². The molecule has 164 valence electrons. The van der Waals surface area contributed by atoms with Crippen molar-refractivity contribution in [2.24, 2.45) is 4.99 Å². The summed E-state index contributed by atoms with van der Waals surface area (Å²) in [7, 11) is 3.40. The van der Waals surface area contributed by atoms with Crippen LogP contribution in [0, 0.1) is 0 Å². The molecule has 0 saturated carbocycles. The Morgan fingerprint density at radius 2 is 2.00 bits per heavy atom. The highest BCUT2D eigenvalue weighted by Gasteiger charge is 2.28. The Morgan fingerprint density at radius 3 is 2.66 bits per heavy atom. The van der Waals surface area contributed by atoms with Gasteiger partial charge in [0.15, 0.2) is 12.6 Å². The fraction of sp³-hybridized carbons (Fsp3) is 0.650. The number of piperidine rings is 1. The Hall–Kier alpha value is -2.00. The number of hydrogen-bond donors (Lipinski definition) is 1. The number of nitrogens with zero attached hydrogens (tertiary/aromatic N) is 2. The van der Waals surface area contributed by atoms with Gasteiger partial charge in [-0.2, -0.15) is 13.2 Å². The second-order valence-corrected chi connectivity index (χ2v) is 6.86. The van der Waals surface area contributed by atoms with Crippen LogP contribution in [0.3, 0.4) is 0 Å². The molecule has 0 amide bonds. The van der Waals surface area contributed by atoms with Gasteiger partial charge in [0, 0.05) is 47.0 Å². The highest BCUT2D eigenvalue weighted by molar-refractivity contribution is 5.80. The molecule has 1 saturated heterocycles. The fourth-order valence-electron chi connectivity index (χ4n) is 3.11. The predicted molar refractivity (Wildman–Crippen MR) is 105 cm³/mol. The second-order valence-electron chi connectivity index (χ2n) is 6.86. The van der Waals surface area contributed by atoms with E-state index in [1.165, 1.54) is 6.07 Å².